The van der Waals surface area contributed by atoms with E-state index in [4.69, 9.17) is 15.6 Å². The Labute approximate surface area is 117 Å². The molecule has 0 saturated heterocycles. The summed E-state index contributed by atoms with van der Waals surface area (Å²) in [4.78, 5) is 20.5. The van der Waals surface area contributed by atoms with Crippen LogP contribution in [0.1, 0.15) is 24.0 Å². The minimum absolute atomic E-state index is 0.322. The molecule has 2 aromatic rings. The molecule has 0 fully saturated rings. The quantitative estimate of drug-likeness (QED) is 0.899. The monoisotopic (exact) mass is 271 g/mol. The van der Waals surface area contributed by atoms with E-state index >= 15 is 0 Å². The third-order valence-electron chi connectivity index (χ3n) is 2.55. The fraction of sp³-hybridized carbons (Fsp3) is 0.125. The molecule has 2 rings (SSSR count). The van der Waals surface area contributed by atoms with Crippen LogP contribution in [0.25, 0.3) is 0 Å². The first-order valence-electron chi connectivity index (χ1n) is 6.11. The van der Waals surface area contributed by atoms with Crippen molar-refractivity contribution < 1.29 is 14.7 Å². The average Bonchev–Trinajstić information content (AvgIpc) is 2.40. The largest absolute Gasteiger partial charge is 0.481 e. The van der Waals surface area contributed by atoms with E-state index in [9.17, 15) is 4.79 Å². The Morgan fingerprint density at radius 1 is 0.900 bits per heavy atom. The summed E-state index contributed by atoms with van der Waals surface area (Å²) in [6.45, 7) is 1.08. The van der Waals surface area contributed by atoms with Gasteiger partial charge in [0.1, 0.15) is 0 Å². The molecule has 20 heavy (non-hydrogen) atoms. The molecule has 0 heterocycles. The number of nitrogens with two attached hydrogens (primary N) is 1. The molecular formula is C16H17NO3. The molecule has 4 nitrogen and oxygen atoms in total. The third-order valence-corrected chi connectivity index (χ3v) is 2.55. The molecular weight excluding hydrogens is 254 g/mol. The number of carbonyl (C=O) groups is 2. The summed E-state index contributed by atoms with van der Waals surface area (Å²) in [5.41, 5.74) is 7.33. The van der Waals surface area contributed by atoms with E-state index in [1.54, 1.807) is 0 Å². The van der Waals surface area contributed by atoms with Gasteiger partial charge < -0.3 is 10.8 Å². The van der Waals surface area contributed by atoms with Gasteiger partial charge in [-0.05, 0) is 11.1 Å². The Kier molecular flexibility index (Phi) is 5.97. The lowest BCUT2D eigenvalue weighted by Gasteiger charge is -2.13. The van der Waals surface area contributed by atoms with Gasteiger partial charge in [0.05, 0.1) is 5.92 Å². The van der Waals surface area contributed by atoms with Crippen LogP contribution in [0.4, 0.5) is 0 Å². The lowest BCUT2D eigenvalue weighted by atomic mass is 9.91. The van der Waals surface area contributed by atoms with E-state index in [-0.39, 0.29) is 11.8 Å². The van der Waals surface area contributed by atoms with Crippen LogP contribution in [0.15, 0.2) is 60.7 Å². The summed E-state index contributed by atoms with van der Waals surface area (Å²) in [7, 11) is 0. The molecule has 0 aliphatic rings. The van der Waals surface area contributed by atoms with Gasteiger partial charge in [-0.15, -0.1) is 0 Å². The van der Waals surface area contributed by atoms with Crippen molar-refractivity contribution in [2.24, 2.45) is 5.73 Å². The minimum Gasteiger partial charge on any atom is -0.481 e. The molecule has 4 heteroatoms. The molecule has 0 aliphatic heterocycles. The third kappa shape index (κ3) is 4.94. The normalized spacial score (nSPS) is 9.50. The number of primary amides is 1. The Balaban J connectivity index is 0.000000444. The van der Waals surface area contributed by atoms with Crippen LogP contribution in [-0.2, 0) is 9.59 Å². The zero-order valence-corrected chi connectivity index (χ0v) is 11.2. The maximum absolute atomic E-state index is 11.5. The van der Waals surface area contributed by atoms with Crippen molar-refractivity contribution in [1.82, 2.24) is 0 Å². The van der Waals surface area contributed by atoms with Crippen LogP contribution >= 0.6 is 0 Å². The average molecular weight is 271 g/mol. The van der Waals surface area contributed by atoms with Crippen molar-refractivity contribution in [1.29, 1.82) is 0 Å². The van der Waals surface area contributed by atoms with E-state index < -0.39 is 5.97 Å². The van der Waals surface area contributed by atoms with Gasteiger partial charge in [-0.1, -0.05) is 60.7 Å². The van der Waals surface area contributed by atoms with E-state index in [0.717, 1.165) is 18.1 Å². The highest BCUT2D eigenvalue weighted by Gasteiger charge is 2.19. The Morgan fingerprint density at radius 2 is 1.20 bits per heavy atom. The number of hydrogen-bond donors (Lipinski definition) is 2. The van der Waals surface area contributed by atoms with Crippen LogP contribution in [-0.4, -0.2) is 17.0 Å². The number of benzene rings is 2. The summed E-state index contributed by atoms with van der Waals surface area (Å²) in [5.74, 6) is -1.51. The predicted octanol–water partition coefficient (Wildman–Crippen LogP) is 2.39. The minimum atomic E-state index is -0.833. The molecule has 0 spiro atoms. The van der Waals surface area contributed by atoms with E-state index in [1.165, 1.54) is 0 Å². The lowest BCUT2D eigenvalue weighted by molar-refractivity contribution is -0.134. The molecule has 2 aromatic carbocycles. The second-order valence-electron chi connectivity index (χ2n) is 4.18. The van der Waals surface area contributed by atoms with Crippen LogP contribution in [0, 0.1) is 0 Å². The van der Waals surface area contributed by atoms with Crippen LogP contribution in [0.2, 0.25) is 0 Å². The van der Waals surface area contributed by atoms with Crippen molar-refractivity contribution in [3.05, 3.63) is 71.8 Å². The maximum Gasteiger partial charge on any atom is 0.300 e. The summed E-state index contributed by atoms with van der Waals surface area (Å²) < 4.78 is 0. The van der Waals surface area contributed by atoms with Gasteiger partial charge in [0.15, 0.2) is 0 Å². The molecule has 0 bridgehead atoms. The smallest absolute Gasteiger partial charge is 0.300 e. The van der Waals surface area contributed by atoms with Crippen molar-refractivity contribution in [2.75, 3.05) is 0 Å². The van der Waals surface area contributed by atoms with Gasteiger partial charge in [0, 0.05) is 6.92 Å². The van der Waals surface area contributed by atoms with Crippen LogP contribution in [0.5, 0.6) is 0 Å². The van der Waals surface area contributed by atoms with Crippen molar-refractivity contribution in [3.63, 3.8) is 0 Å². The SMILES string of the molecule is CC(=O)O.NC(=O)C(c1ccccc1)c1ccccc1. The molecule has 0 atom stereocenters. The number of hydrogen-bond acceptors (Lipinski definition) is 2. The zero-order valence-electron chi connectivity index (χ0n) is 11.2. The number of carboxylic acids is 1. The van der Waals surface area contributed by atoms with Crippen molar-refractivity contribution >= 4 is 11.9 Å². The molecule has 0 saturated carbocycles. The van der Waals surface area contributed by atoms with Crippen molar-refractivity contribution in [3.8, 4) is 0 Å². The van der Waals surface area contributed by atoms with Crippen LogP contribution in [0.3, 0.4) is 0 Å². The molecule has 104 valence electrons. The first-order chi connectivity index (χ1) is 9.52. The summed E-state index contributed by atoms with van der Waals surface area (Å²) >= 11 is 0. The van der Waals surface area contributed by atoms with Gasteiger partial charge in [0.2, 0.25) is 5.91 Å². The van der Waals surface area contributed by atoms with Crippen LogP contribution < -0.4 is 5.73 Å². The second-order valence-corrected chi connectivity index (χ2v) is 4.18. The number of amides is 1. The number of carbonyl (C=O) groups excluding carboxylic acids is 1. The maximum atomic E-state index is 11.5. The Bertz CT molecular complexity index is 509. The van der Waals surface area contributed by atoms with E-state index in [2.05, 4.69) is 0 Å². The second kappa shape index (κ2) is 7.74. The zero-order chi connectivity index (χ0) is 15.0. The number of rotatable bonds is 3. The fourth-order valence-electron chi connectivity index (χ4n) is 1.81. The molecule has 1 amide bonds. The summed E-state index contributed by atoms with van der Waals surface area (Å²) in [5, 5.41) is 7.42. The standard InChI is InChI=1S/C14H13NO.C2H4O2/c15-14(16)13(11-7-3-1-4-8-11)12-9-5-2-6-10-12;1-2(3)4/h1-10,13H,(H2,15,16);1H3,(H,3,4). The molecule has 0 aromatic heterocycles. The summed E-state index contributed by atoms with van der Waals surface area (Å²) in [6.07, 6.45) is 0. The van der Waals surface area contributed by atoms with Gasteiger partial charge in [0.25, 0.3) is 5.97 Å². The molecule has 0 unspecified atom stereocenters. The first-order valence-corrected chi connectivity index (χ1v) is 6.11. The highest BCUT2D eigenvalue weighted by Crippen LogP contribution is 2.23. The highest BCUT2D eigenvalue weighted by molar-refractivity contribution is 5.85. The van der Waals surface area contributed by atoms with Crippen molar-refractivity contribution in [2.45, 2.75) is 12.8 Å². The highest BCUT2D eigenvalue weighted by atomic mass is 16.4. The van der Waals surface area contributed by atoms with E-state index in [0.29, 0.717) is 0 Å². The first kappa shape index (κ1) is 15.4. The molecule has 0 aliphatic carbocycles. The molecule has 3 N–H and O–H groups in total. The Hall–Kier alpha value is -2.62. The number of aliphatic carboxylic acids is 1. The van der Waals surface area contributed by atoms with Gasteiger partial charge in [-0.2, -0.15) is 0 Å². The molecule has 0 radical (unpaired) electrons. The van der Waals surface area contributed by atoms with E-state index in [1.807, 2.05) is 60.7 Å². The lowest BCUT2D eigenvalue weighted by Crippen LogP contribution is -2.22. The topological polar surface area (TPSA) is 80.4 Å². The van der Waals surface area contributed by atoms with Gasteiger partial charge in [-0.3, -0.25) is 9.59 Å². The number of carboxylic acid groups (broad SMARTS) is 1. The van der Waals surface area contributed by atoms with Gasteiger partial charge >= 0.3 is 0 Å². The van der Waals surface area contributed by atoms with Gasteiger partial charge in [-0.25, -0.2) is 0 Å². The fourth-order valence-corrected chi connectivity index (χ4v) is 1.81. The summed E-state index contributed by atoms with van der Waals surface area (Å²) in [6, 6.07) is 19.2. The predicted molar refractivity (Wildman–Crippen MR) is 77.2 cm³/mol. The Morgan fingerprint density at radius 3 is 1.45 bits per heavy atom.